The van der Waals surface area contributed by atoms with Crippen molar-refractivity contribution in [2.75, 3.05) is 0 Å². The highest BCUT2D eigenvalue weighted by Crippen LogP contribution is 2.43. The van der Waals surface area contributed by atoms with Crippen LogP contribution < -0.4 is 5.46 Å². The number of hydrogen-bond acceptors (Lipinski definition) is 5. The largest absolute Gasteiger partial charge is 0.494 e. The van der Waals surface area contributed by atoms with E-state index in [4.69, 9.17) is 24.3 Å². The number of benzene rings is 6. The van der Waals surface area contributed by atoms with E-state index in [-0.39, 0.29) is 0 Å². The molecule has 0 unspecified atom stereocenters. The molecule has 1 aliphatic heterocycles. The van der Waals surface area contributed by atoms with Gasteiger partial charge >= 0.3 is 7.12 Å². The lowest BCUT2D eigenvalue weighted by atomic mass is 9.77. The average Bonchev–Trinajstić information content (AvgIpc) is 3.58. The number of rotatable bonds is 4. The molecule has 3 heterocycles. The lowest BCUT2D eigenvalue weighted by Crippen LogP contribution is -2.41. The summed E-state index contributed by atoms with van der Waals surface area (Å²) < 4.78 is 15.2. The third-order valence-electron chi connectivity index (χ3n) is 10.1. The van der Waals surface area contributed by atoms with Gasteiger partial charge in [0.1, 0.15) is 0 Å². The third kappa shape index (κ3) is 4.39. The molecule has 2 aromatic heterocycles. The van der Waals surface area contributed by atoms with Crippen LogP contribution in [-0.4, -0.2) is 37.8 Å². The van der Waals surface area contributed by atoms with E-state index in [1.807, 2.05) is 60.7 Å². The summed E-state index contributed by atoms with van der Waals surface area (Å²) in [4.78, 5) is 15.3. The molecule has 6 nitrogen and oxygen atoms in total. The molecule has 0 saturated carbocycles. The van der Waals surface area contributed by atoms with Gasteiger partial charge in [-0.25, -0.2) is 4.98 Å². The fourth-order valence-corrected chi connectivity index (χ4v) is 6.93. The second-order valence-corrected chi connectivity index (χ2v) is 13.5. The molecule has 9 rings (SSSR count). The molecule has 0 radical (unpaired) electrons. The second-order valence-electron chi connectivity index (χ2n) is 13.5. The average molecular weight is 625 g/mol. The van der Waals surface area contributed by atoms with Crippen molar-refractivity contribution in [3.63, 3.8) is 0 Å². The highest BCUT2D eigenvalue weighted by Gasteiger charge is 2.51. The molecule has 7 heteroatoms. The van der Waals surface area contributed by atoms with E-state index in [0.29, 0.717) is 17.6 Å². The van der Waals surface area contributed by atoms with Gasteiger partial charge in [-0.05, 0) is 55.4 Å². The second kappa shape index (κ2) is 10.6. The summed E-state index contributed by atoms with van der Waals surface area (Å²) in [6, 6.07) is 44.0. The number of fused-ring (bicyclic) bond motifs is 8. The predicted molar refractivity (Wildman–Crippen MR) is 196 cm³/mol. The van der Waals surface area contributed by atoms with E-state index in [9.17, 15) is 0 Å². The molecule has 6 aromatic carbocycles. The molecule has 0 amide bonds. The molecule has 0 aliphatic carbocycles. The Morgan fingerprint density at radius 1 is 0.521 bits per heavy atom. The normalized spacial score (nSPS) is 15.6. The van der Waals surface area contributed by atoms with Crippen LogP contribution in [0.3, 0.4) is 0 Å². The van der Waals surface area contributed by atoms with Gasteiger partial charge in [0.2, 0.25) is 5.95 Å². The van der Waals surface area contributed by atoms with Crippen molar-refractivity contribution in [3.8, 4) is 28.7 Å². The summed E-state index contributed by atoms with van der Waals surface area (Å²) in [6.45, 7) is 8.37. The first-order chi connectivity index (χ1) is 23.3. The summed E-state index contributed by atoms with van der Waals surface area (Å²) in [5, 5.41) is 6.85. The molecule has 8 aromatic rings. The van der Waals surface area contributed by atoms with Crippen molar-refractivity contribution >= 4 is 55.9 Å². The minimum Gasteiger partial charge on any atom is -0.399 e. The van der Waals surface area contributed by atoms with Gasteiger partial charge < -0.3 is 9.31 Å². The monoisotopic (exact) mass is 624 g/mol. The van der Waals surface area contributed by atoms with E-state index in [1.54, 1.807) is 0 Å². The summed E-state index contributed by atoms with van der Waals surface area (Å²) in [6.07, 6.45) is 0. The minimum atomic E-state index is -0.451. The highest BCUT2D eigenvalue weighted by molar-refractivity contribution is 6.62. The molecule has 1 fully saturated rings. The first kappa shape index (κ1) is 28.8. The zero-order valence-corrected chi connectivity index (χ0v) is 27.3. The number of hydrogen-bond donors (Lipinski definition) is 0. The maximum absolute atomic E-state index is 6.48. The predicted octanol–water partition coefficient (Wildman–Crippen LogP) is 8.91. The van der Waals surface area contributed by atoms with Gasteiger partial charge in [-0.1, -0.05) is 121 Å². The minimum absolute atomic E-state index is 0.423. The van der Waals surface area contributed by atoms with Crippen LogP contribution in [-0.2, 0) is 9.31 Å². The van der Waals surface area contributed by atoms with Crippen LogP contribution in [0.5, 0.6) is 0 Å². The first-order valence-electron chi connectivity index (χ1n) is 16.4. The fourth-order valence-electron chi connectivity index (χ4n) is 6.93. The van der Waals surface area contributed by atoms with Gasteiger partial charge in [-0.15, -0.1) is 0 Å². The van der Waals surface area contributed by atoms with Crippen LogP contribution in [0, 0.1) is 0 Å². The SMILES string of the molecule is CC1(C)OB(c2ccc3c(c2)c2ccccc2c2c3c3ccccc3n2-c2nc(-c3ccccc3)nc(-c3ccccc3)n2)OC1(C)C. The molecular formula is C41H33BN4O2. The maximum atomic E-state index is 6.48. The molecule has 0 spiro atoms. The summed E-state index contributed by atoms with van der Waals surface area (Å²) in [5.41, 5.74) is 4.12. The highest BCUT2D eigenvalue weighted by atomic mass is 16.7. The molecule has 0 atom stereocenters. The van der Waals surface area contributed by atoms with Crippen molar-refractivity contribution in [2.45, 2.75) is 38.9 Å². The Morgan fingerprint density at radius 3 is 1.69 bits per heavy atom. The van der Waals surface area contributed by atoms with Crippen LogP contribution in [0.1, 0.15) is 27.7 Å². The standard InChI is InChI=1S/C41H33BN4O2/c1-40(2)41(3,4)48-42(47-40)28-23-24-30-33(25-28)29-19-11-12-20-31(29)36-35(30)32-21-13-14-22-34(32)46(36)39-44-37(26-15-7-5-8-16-26)43-38(45-39)27-17-9-6-10-18-27/h5-25H,1-4H3. The Kier molecular flexibility index (Phi) is 6.35. The number of nitrogens with zero attached hydrogens (tertiary/aromatic N) is 4. The summed E-state index contributed by atoms with van der Waals surface area (Å²) in [7, 11) is -0.451. The van der Waals surface area contributed by atoms with Crippen LogP contribution in [0.2, 0.25) is 0 Å². The summed E-state index contributed by atoms with van der Waals surface area (Å²) in [5.74, 6) is 1.83. The lowest BCUT2D eigenvalue weighted by molar-refractivity contribution is 0.00578. The van der Waals surface area contributed by atoms with E-state index in [1.165, 1.54) is 0 Å². The maximum Gasteiger partial charge on any atom is 0.494 e. The third-order valence-corrected chi connectivity index (χ3v) is 10.1. The van der Waals surface area contributed by atoms with Gasteiger partial charge in [0.25, 0.3) is 0 Å². The zero-order chi connectivity index (χ0) is 32.6. The van der Waals surface area contributed by atoms with Crippen molar-refractivity contribution in [3.05, 3.63) is 127 Å². The number of aromatic nitrogens is 4. The Bertz CT molecular complexity index is 2450. The first-order valence-corrected chi connectivity index (χ1v) is 16.4. The molecule has 0 bridgehead atoms. The number of para-hydroxylation sites is 1. The van der Waals surface area contributed by atoms with Crippen LogP contribution in [0.25, 0.3) is 72.1 Å². The Labute approximate surface area is 279 Å². The van der Waals surface area contributed by atoms with Gasteiger partial charge in [0.15, 0.2) is 11.6 Å². The van der Waals surface area contributed by atoms with Crippen molar-refractivity contribution in [2.24, 2.45) is 0 Å². The Balaban J connectivity index is 1.36. The molecule has 1 aliphatic rings. The lowest BCUT2D eigenvalue weighted by Gasteiger charge is -2.32. The van der Waals surface area contributed by atoms with Crippen LogP contribution in [0.4, 0.5) is 0 Å². The molecule has 232 valence electrons. The fraction of sp³-hybridized carbons (Fsp3) is 0.146. The van der Waals surface area contributed by atoms with Gasteiger partial charge in [0.05, 0.1) is 22.2 Å². The molecule has 1 saturated heterocycles. The van der Waals surface area contributed by atoms with E-state index < -0.39 is 18.3 Å². The smallest absolute Gasteiger partial charge is 0.399 e. The molecule has 0 N–H and O–H groups in total. The summed E-state index contributed by atoms with van der Waals surface area (Å²) >= 11 is 0. The van der Waals surface area contributed by atoms with Crippen molar-refractivity contribution in [1.82, 2.24) is 19.5 Å². The van der Waals surface area contributed by atoms with Gasteiger partial charge in [-0.2, -0.15) is 9.97 Å². The zero-order valence-electron chi connectivity index (χ0n) is 27.3. The van der Waals surface area contributed by atoms with Gasteiger partial charge in [-0.3, -0.25) is 4.57 Å². The Hall–Kier alpha value is -5.37. The topological polar surface area (TPSA) is 62.1 Å². The van der Waals surface area contributed by atoms with E-state index >= 15 is 0 Å². The molecular weight excluding hydrogens is 591 g/mol. The van der Waals surface area contributed by atoms with Crippen molar-refractivity contribution in [1.29, 1.82) is 0 Å². The quantitative estimate of drug-likeness (QED) is 0.145. The van der Waals surface area contributed by atoms with Gasteiger partial charge in [0, 0.05) is 27.3 Å². The van der Waals surface area contributed by atoms with Crippen LogP contribution >= 0.6 is 0 Å². The molecule has 48 heavy (non-hydrogen) atoms. The van der Waals surface area contributed by atoms with Crippen LogP contribution in [0.15, 0.2) is 127 Å². The van der Waals surface area contributed by atoms with E-state index in [0.717, 1.165) is 59.9 Å². The van der Waals surface area contributed by atoms with E-state index in [2.05, 4.69) is 99.0 Å². The Morgan fingerprint density at radius 2 is 1.06 bits per heavy atom. The van der Waals surface area contributed by atoms with Crippen molar-refractivity contribution < 1.29 is 9.31 Å².